The Morgan fingerprint density at radius 3 is 2.67 bits per heavy atom. The summed E-state index contributed by atoms with van der Waals surface area (Å²) in [5.41, 5.74) is 3.38. The molecule has 0 saturated carbocycles. The number of hydrogen-bond acceptors (Lipinski definition) is 3. The second-order valence-electron chi connectivity index (χ2n) is 4.18. The number of benzene rings is 1. The van der Waals surface area contributed by atoms with Crippen LogP contribution in [0, 0.1) is 6.92 Å². The van der Waals surface area contributed by atoms with E-state index in [-0.39, 0.29) is 0 Å². The lowest BCUT2D eigenvalue weighted by molar-refractivity contribution is 0.803. The number of halogens is 1. The first kappa shape index (κ1) is 12.8. The number of rotatable bonds is 4. The number of nitrogens with zero attached hydrogens (tertiary/aromatic N) is 3. The molecular weight excluding hydrogens is 246 g/mol. The van der Waals surface area contributed by atoms with Gasteiger partial charge in [0.25, 0.3) is 0 Å². The summed E-state index contributed by atoms with van der Waals surface area (Å²) in [5.74, 6) is 0. The Labute approximate surface area is 112 Å². The van der Waals surface area contributed by atoms with E-state index in [9.17, 15) is 0 Å². The van der Waals surface area contributed by atoms with Gasteiger partial charge in [0.1, 0.15) is 5.15 Å². The lowest BCUT2D eigenvalue weighted by atomic mass is 10.2. The first-order valence-corrected chi connectivity index (χ1v) is 6.35. The van der Waals surface area contributed by atoms with Crippen LogP contribution < -0.4 is 4.90 Å². The average Bonchev–Trinajstić information content (AvgIpc) is 2.38. The van der Waals surface area contributed by atoms with E-state index in [1.807, 2.05) is 0 Å². The monoisotopic (exact) mass is 261 g/mol. The third-order valence-corrected chi connectivity index (χ3v) is 2.97. The minimum absolute atomic E-state index is 0.428. The summed E-state index contributed by atoms with van der Waals surface area (Å²) in [6, 6.07) is 8.45. The maximum Gasteiger partial charge on any atom is 0.147 e. The quantitative estimate of drug-likeness (QED) is 0.844. The van der Waals surface area contributed by atoms with E-state index in [0.717, 1.165) is 18.8 Å². The van der Waals surface area contributed by atoms with Crippen molar-refractivity contribution in [3.05, 3.63) is 53.1 Å². The molecule has 4 heteroatoms. The van der Waals surface area contributed by atoms with Gasteiger partial charge in [0.2, 0.25) is 0 Å². The average molecular weight is 262 g/mol. The highest BCUT2D eigenvalue weighted by Gasteiger charge is 2.06. The van der Waals surface area contributed by atoms with Gasteiger partial charge in [-0.05, 0) is 31.5 Å². The Morgan fingerprint density at radius 1 is 1.22 bits per heavy atom. The minimum Gasteiger partial charge on any atom is -0.366 e. The van der Waals surface area contributed by atoms with Gasteiger partial charge in [-0.3, -0.25) is 4.98 Å². The maximum atomic E-state index is 5.73. The number of hydrogen-bond donors (Lipinski definition) is 0. The minimum atomic E-state index is 0.428. The summed E-state index contributed by atoms with van der Waals surface area (Å²) in [4.78, 5) is 10.6. The zero-order valence-corrected chi connectivity index (χ0v) is 11.4. The Kier molecular flexibility index (Phi) is 4.15. The molecular formula is C14H16ClN3. The van der Waals surface area contributed by atoms with Crippen molar-refractivity contribution in [1.29, 1.82) is 0 Å². The highest BCUT2D eigenvalue weighted by molar-refractivity contribution is 6.29. The lowest BCUT2D eigenvalue weighted by Crippen LogP contribution is -2.22. The molecule has 1 aromatic heterocycles. The molecule has 0 spiro atoms. The van der Waals surface area contributed by atoms with Crippen molar-refractivity contribution in [1.82, 2.24) is 9.97 Å². The molecule has 1 heterocycles. The zero-order chi connectivity index (χ0) is 13.0. The molecule has 0 radical (unpaired) electrons. The van der Waals surface area contributed by atoms with Crippen LogP contribution in [0.3, 0.4) is 0 Å². The van der Waals surface area contributed by atoms with Crippen molar-refractivity contribution in [3.8, 4) is 0 Å². The van der Waals surface area contributed by atoms with Crippen molar-refractivity contribution in [2.75, 3.05) is 11.4 Å². The third-order valence-electron chi connectivity index (χ3n) is 2.78. The van der Waals surface area contributed by atoms with Gasteiger partial charge >= 0.3 is 0 Å². The summed E-state index contributed by atoms with van der Waals surface area (Å²) in [6.07, 6.45) is 3.31. The van der Waals surface area contributed by atoms with E-state index in [0.29, 0.717) is 5.15 Å². The Balaban J connectivity index is 2.17. The largest absolute Gasteiger partial charge is 0.366 e. The van der Waals surface area contributed by atoms with Crippen LogP contribution in [0.25, 0.3) is 0 Å². The van der Waals surface area contributed by atoms with Crippen molar-refractivity contribution in [2.45, 2.75) is 20.4 Å². The molecule has 2 aromatic rings. The standard InChI is InChI=1S/C14H16ClN3/c1-3-18(13-6-4-5-11(2)7-13)10-12-8-17-14(15)9-16-12/h4-9H,3,10H2,1-2H3. The van der Waals surface area contributed by atoms with Crippen molar-refractivity contribution in [2.24, 2.45) is 0 Å². The normalized spacial score (nSPS) is 10.4. The first-order chi connectivity index (χ1) is 8.69. The lowest BCUT2D eigenvalue weighted by Gasteiger charge is -2.22. The topological polar surface area (TPSA) is 29.0 Å². The summed E-state index contributed by atoms with van der Waals surface area (Å²) >= 11 is 5.73. The predicted octanol–water partition coefficient (Wildman–Crippen LogP) is 3.46. The molecule has 3 nitrogen and oxygen atoms in total. The number of aromatic nitrogens is 2. The van der Waals surface area contributed by atoms with Crippen LogP contribution in [0.15, 0.2) is 36.7 Å². The van der Waals surface area contributed by atoms with Crippen molar-refractivity contribution >= 4 is 17.3 Å². The second kappa shape index (κ2) is 5.83. The van der Waals surface area contributed by atoms with E-state index in [2.05, 4.69) is 53.0 Å². The predicted molar refractivity (Wildman–Crippen MR) is 74.9 cm³/mol. The molecule has 0 N–H and O–H groups in total. The zero-order valence-electron chi connectivity index (χ0n) is 10.6. The van der Waals surface area contributed by atoms with Crippen LogP contribution in [0.1, 0.15) is 18.2 Å². The molecule has 0 unspecified atom stereocenters. The molecule has 0 saturated heterocycles. The fourth-order valence-electron chi connectivity index (χ4n) is 1.83. The van der Waals surface area contributed by atoms with Gasteiger partial charge in [-0.2, -0.15) is 0 Å². The van der Waals surface area contributed by atoms with Gasteiger partial charge in [0.15, 0.2) is 0 Å². The van der Waals surface area contributed by atoms with Crippen LogP contribution in [0.4, 0.5) is 5.69 Å². The molecule has 0 fully saturated rings. The SMILES string of the molecule is CCN(Cc1cnc(Cl)cn1)c1cccc(C)c1. The number of anilines is 1. The molecule has 0 aliphatic rings. The second-order valence-corrected chi connectivity index (χ2v) is 4.57. The fourth-order valence-corrected chi connectivity index (χ4v) is 1.92. The van der Waals surface area contributed by atoms with Gasteiger partial charge in [0, 0.05) is 12.2 Å². The Bertz CT molecular complexity index is 511. The van der Waals surface area contributed by atoms with Gasteiger partial charge in [0.05, 0.1) is 24.6 Å². The Hall–Kier alpha value is -1.61. The van der Waals surface area contributed by atoms with Crippen LogP contribution >= 0.6 is 11.6 Å². The molecule has 0 amide bonds. The highest BCUT2D eigenvalue weighted by Crippen LogP contribution is 2.17. The highest BCUT2D eigenvalue weighted by atomic mass is 35.5. The van der Waals surface area contributed by atoms with E-state index < -0.39 is 0 Å². The molecule has 0 atom stereocenters. The fraction of sp³-hybridized carbons (Fsp3) is 0.286. The van der Waals surface area contributed by atoms with E-state index in [1.54, 1.807) is 12.4 Å². The van der Waals surface area contributed by atoms with Gasteiger partial charge in [-0.15, -0.1) is 0 Å². The molecule has 0 aliphatic carbocycles. The maximum absolute atomic E-state index is 5.73. The Morgan fingerprint density at radius 2 is 2.06 bits per heavy atom. The van der Waals surface area contributed by atoms with Crippen LogP contribution in [0.5, 0.6) is 0 Å². The summed E-state index contributed by atoms with van der Waals surface area (Å²) in [7, 11) is 0. The van der Waals surface area contributed by atoms with E-state index >= 15 is 0 Å². The van der Waals surface area contributed by atoms with Gasteiger partial charge in [-0.25, -0.2) is 4.98 Å². The summed E-state index contributed by atoms with van der Waals surface area (Å²) < 4.78 is 0. The van der Waals surface area contributed by atoms with Gasteiger partial charge in [-0.1, -0.05) is 23.7 Å². The molecule has 18 heavy (non-hydrogen) atoms. The van der Waals surface area contributed by atoms with Gasteiger partial charge < -0.3 is 4.90 Å². The van der Waals surface area contributed by atoms with Crippen LogP contribution in [-0.4, -0.2) is 16.5 Å². The van der Waals surface area contributed by atoms with Crippen LogP contribution in [0.2, 0.25) is 5.15 Å². The van der Waals surface area contributed by atoms with Crippen LogP contribution in [-0.2, 0) is 6.54 Å². The van der Waals surface area contributed by atoms with E-state index in [1.165, 1.54) is 11.3 Å². The number of aryl methyl sites for hydroxylation is 1. The molecule has 94 valence electrons. The smallest absolute Gasteiger partial charge is 0.147 e. The van der Waals surface area contributed by atoms with Crippen molar-refractivity contribution < 1.29 is 0 Å². The van der Waals surface area contributed by atoms with E-state index in [4.69, 9.17) is 11.6 Å². The van der Waals surface area contributed by atoms with Crippen molar-refractivity contribution in [3.63, 3.8) is 0 Å². The third kappa shape index (κ3) is 3.20. The molecule has 1 aromatic carbocycles. The molecule has 2 rings (SSSR count). The molecule has 0 bridgehead atoms. The summed E-state index contributed by atoms with van der Waals surface area (Å²) in [5, 5.41) is 0.428. The summed E-state index contributed by atoms with van der Waals surface area (Å²) in [6.45, 7) is 5.89. The molecule has 0 aliphatic heterocycles. The first-order valence-electron chi connectivity index (χ1n) is 5.97.